The summed E-state index contributed by atoms with van der Waals surface area (Å²) in [7, 11) is 0. The Morgan fingerprint density at radius 2 is 1.94 bits per heavy atom. The minimum absolute atomic E-state index is 0.148. The number of pyridine rings is 1. The van der Waals surface area contributed by atoms with Gasteiger partial charge in [0.05, 0.1) is 5.69 Å². The molecule has 0 bridgehead atoms. The first-order chi connectivity index (χ1) is 15.8. The fraction of sp³-hybridized carbons (Fsp3) is 0.192. The fourth-order valence-corrected chi connectivity index (χ4v) is 4.91. The van der Waals surface area contributed by atoms with E-state index in [1.165, 1.54) is 22.5 Å². The average Bonchev–Trinajstić information content (AvgIpc) is 3.50. The largest absolute Gasteiger partial charge is 0.339 e. The van der Waals surface area contributed by atoms with E-state index >= 15 is 0 Å². The van der Waals surface area contributed by atoms with E-state index < -0.39 is 0 Å². The molecule has 160 valence electrons. The third-order valence-corrected chi connectivity index (χ3v) is 6.57. The average molecular weight is 441 g/mol. The minimum atomic E-state index is -0.148. The molecule has 1 aliphatic rings. The fourth-order valence-electron chi connectivity index (χ4n) is 4.18. The lowest BCUT2D eigenvalue weighted by atomic mass is 9.85. The Morgan fingerprint density at radius 1 is 1.09 bits per heavy atom. The van der Waals surface area contributed by atoms with Gasteiger partial charge >= 0.3 is 0 Å². The lowest BCUT2D eigenvalue weighted by Crippen LogP contribution is -2.17. The first-order valence-electron chi connectivity index (χ1n) is 10.8. The molecular formula is C26H24N4OS. The van der Waals surface area contributed by atoms with Crippen molar-refractivity contribution in [2.24, 2.45) is 0 Å². The van der Waals surface area contributed by atoms with Crippen LogP contribution < -0.4 is 5.32 Å². The van der Waals surface area contributed by atoms with Crippen molar-refractivity contribution in [1.29, 1.82) is 0 Å². The molecule has 1 aliphatic carbocycles. The van der Waals surface area contributed by atoms with Gasteiger partial charge in [0.15, 0.2) is 5.13 Å². The van der Waals surface area contributed by atoms with Crippen molar-refractivity contribution in [2.45, 2.75) is 31.7 Å². The number of rotatable bonds is 6. The molecule has 1 atom stereocenters. The Bertz CT molecular complexity index is 1230. The lowest BCUT2D eigenvalue weighted by Gasteiger charge is -2.20. The Labute approximate surface area is 191 Å². The summed E-state index contributed by atoms with van der Waals surface area (Å²) < 4.78 is 1.94. The van der Waals surface area contributed by atoms with Crippen molar-refractivity contribution < 1.29 is 4.79 Å². The van der Waals surface area contributed by atoms with Gasteiger partial charge in [-0.25, -0.2) is 4.98 Å². The maximum Gasteiger partial charge on any atom is 0.274 e. The lowest BCUT2D eigenvalue weighted by molar-refractivity contribution is 0.101. The maximum absolute atomic E-state index is 12.9. The van der Waals surface area contributed by atoms with Gasteiger partial charge in [-0.2, -0.15) is 0 Å². The van der Waals surface area contributed by atoms with Gasteiger partial charge in [-0.15, -0.1) is 11.3 Å². The maximum atomic E-state index is 12.9. The standard InChI is InChI=1S/C26H24N4OS/c31-25(24-10-5-15-30(24)17-19-11-13-27-14-12-19)29-26-28-23(18-32-26)22-9-4-8-21(16-22)20-6-2-1-3-7-20/h1-3,5-7,10-16,18,21H,4,8-9,17H2,(H,28,29,31). The molecule has 4 aromatic rings. The number of aromatic nitrogens is 3. The molecule has 32 heavy (non-hydrogen) atoms. The van der Waals surface area contributed by atoms with E-state index in [1.54, 1.807) is 12.4 Å². The normalized spacial score (nSPS) is 15.9. The highest BCUT2D eigenvalue weighted by Crippen LogP contribution is 2.36. The van der Waals surface area contributed by atoms with Crippen LogP contribution in [-0.4, -0.2) is 20.4 Å². The number of anilines is 1. The van der Waals surface area contributed by atoms with Crippen molar-refractivity contribution in [1.82, 2.24) is 14.5 Å². The summed E-state index contributed by atoms with van der Waals surface area (Å²) in [5, 5.41) is 5.66. The van der Waals surface area contributed by atoms with E-state index in [9.17, 15) is 4.79 Å². The van der Waals surface area contributed by atoms with Crippen LogP contribution >= 0.6 is 11.3 Å². The topological polar surface area (TPSA) is 59.8 Å². The number of hydrogen-bond donors (Lipinski definition) is 1. The second kappa shape index (κ2) is 9.32. The van der Waals surface area contributed by atoms with E-state index in [4.69, 9.17) is 4.98 Å². The number of thiazole rings is 1. The summed E-state index contributed by atoms with van der Waals surface area (Å²) in [5.74, 6) is 0.279. The highest BCUT2D eigenvalue weighted by atomic mass is 32.1. The molecule has 1 aromatic carbocycles. The van der Waals surface area contributed by atoms with Crippen LogP contribution in [0.15, 0.2) is 84.6 Å². The predicted octanol–water partition coefficient (Wildman–Crippen LogP) is 5.99. The zero-order chi connectivity index (χ0) is 21.8. The molecule has 1 amide bonds. The van der Waals surface area contributed by atoms with Crippen LogP contribution in [0.5, 0.6) is 0 Å². The zero-order valence-corrected chi connectivity index (χ0v) is 18.5. The number of hydrogen-bond acceptors (Lipinski definition) is 4. The molecular weight excluding hydrogens is 416 g/mol. The van der Waals surface area contributed by atoms with Gasteiger partial charge in [0.1, 0.15) is 5.69 Å². The van der Waals surface area contributed by atoms with Crippen LogP contribution in [0.25, 0.3) is 5.57 Å². The molecule has 5 rings (SSSR count). The molecule has 0 spiro atoms. The molecule has 0 saturated heterocycles. The molecule has 1 N–H and O–H groups in total. The minimum Gasteiger partial charge on any atom is -0.339 e. The first kappa shape index (κ1) is 20.4. The first-order valence-corrected chi connectivity index (χ1v) is 11.7. The van der Waals surface area contributed by atoms with Crippen molar-refractivity contribution >= 4 is 27.9 Å². The van der Waals surface area contributed by atoms with E-state index in [2.05, 4.69) is 46.7 Å². The van der Waals surface area contributed by atoms with Crippen LogP contribution in [0.3, 0.4) is 0 Å². The number of nitrogens with zero attached hydrogens (tertiary/aromatic N) is 3. The summed E-state index contributed by atoms with van der Waals surface area (Å²) >= 11 is 1.47. The summed E-state index contributed by atoms with van der Waals surface area (Å²) in [6.07, 6.45) is 11.1. The predicted molar refractivity (Wildman–Crippen MR) is 129 cm³/mol. The number of carbonyl (C=O) groups is 1. The van der Waals surface area contributed by atoms with Gasteiger partial charge in [-0.3, -0.25) is 15.1 Å². The summed E-state index contributed by atoms with van der Waals surface area (Å²) in [4.78, 5) is 21.7. The monoisotopic (exact) mass is 440 g/mol. The molecule has 0 saturated carbocycles. The van der Waals surface area contributed by atoms with Gasteiger partial charge < -0.3 is 4.57 Å². The molecule has 0 radical (unpaired) electrons. The molecule has 3 heterocycles. The van der Waals surface area contributed by atoms with Gasteiger partial charge in [-0.05, 0) is 60.2 Å². The molecule has 6 heteroatoms. The summed E-state index contributed by atoms with van der Waals surface area (Å²) in [6.45, 7) is 0.620. The third kappa shape index (κ3) is 4.55. The van der Waals surface area contributed by atoms with Gasteiger partial charge in [0, 0.05) is 36.4 Å². The molecule has 1 unspecified atom stereocenters. The summed E-state index contributed by atoms with van der Waals surface area (Å²) in [6, 6.07) is 18.3. The van der Waals surface area contributed by atoms with Gasteiger partial charge in [0.25, 0.3) is 5.91 Å². The molecule has 0 aliphatic heterocycles. The van der Waals surface area contributed by atoms with Crippen molar-refractivity contribution in [3.63, 3.8) is 0 Å². The van der Waals surface area contributed by atoms with Gasteiger partial charge in [-0.1, -0.05) is 36.4 Å². The van der Waals surface area contributed by atoms with E-state index in [0.29, 0.717) is 23.3 Å². The number of nitrogens with one attached hydrogen (secondary N) is 1. The smallest absolute Gasteiger partial charge is 0.274 e. The van der Waals surface area contributed by atoms with Crippen LogP contribution in [0.2, 0.25) is 0 Å². The summed E-state index contributed by atoms with van der Waals surface area (Å²) in [5.41, 5.74) is 5.29. The van der Waals surface area contributed by atoms with E-state index in [-0.39, 0.29) is 5.91 Å². The highest BCUT2D eigenvalue weighted by Gasteiger charge is 2.19. The van der Waals surface area contributed by atoms with Gasteiger partial charge in [0.2, 0.25) is 0 Å². The third-order valence-electron chi connectivity index (χ3n) is 5.81. The SMILES string of the molecule is O=C(Nc1nc(C2=CC(c3ccccc3)CCC2)cs1)c1cccn1Cc1ccncc1. The van der Waals surface area contributed by atoms with E-state index in [1.807, 2.05) is 40.4 Å². The van der Waals surface area contributed by atoms with Crippen molar-refractivity contribution in [3.8, 4) is 0 Å². The number of amides is 1. The van der Waals surface area contributed by atoms with Crippen molar-refractivity contribution in [2.75, 3.05) is 5.32 Å². The molecule has 0 fully saturated rings. The number of benzene rings is 1. The van der Waals surface area contributed by atoms with Crippen LogP contribution in [-0.2, 0) is 6.54 Å². The van der Waals surface area contributed by atoms with Crippen LogP contribution in [0.4, 0.5) is 5.13 Å². The van der Waals surface area contributed by atoms with Crippen LogP contribution in [0.1, 0.15) is 52.5 Å². The van der Waals surface area contributed by atoms with Crippen molar-refractivity contribution in [3.05, 3.63) is 107 Å². The Balaban J connectivity index is 1.29. The number of carbonyl (C=O) groups excluding carboxylic acids is 1. The quantitative estimate of drug-likeness (QED) is 0.400. The zero-order valence-electron chi connectivity index (χ0n) is 17.6. The molecule has 3 aromatic heterocycles. The Kier molecular flexibility index (Phi) is 5.94. The van der Waals surface area contributed by atoms with E-state index in [0.717, 1.165) is 30.5 Å². The van der Waals surface area contributed by atoms with Crippen LogP contribution in [0, 0.1) is 0 Å². The number of allylic oxidation sites excluding steroid dienone is 2. The second-order valence-electron chi connectivity index (χ2n) is 7.97. The molecule has 5 nitrogen and oxygen atoms in total. The second-order valence-corrected chi connectivity index (χ2v) is 8.83. The highest BCUT2D eigenvalue weighted by molar-refractivity contribution is 7.14. The Morgan fingerprint density at radius 3 is 2.78 bits per heavy atom. The Hall–Kier alpha value is -3.51.